The Hall–Kier alpha value is -2.41. The first-order valence-corrected chi connectivity index (χ1v) is 11.0. The molecule has 8 heteroatoms. The van der Waals surface area contributed by atoms with E-state index in [0.717, 1.165) is 18.4 Å². The number of carbonyl (C=O) groups excluding carboxylic acids is 2. The number of hydrogen-bond donors (Lipinski definition) is 2. The number of halogens is 1. The zero-order valence-corrected chi connectivity index (χ0v) is 17.7. The predicted octanol–water partition coefficient (Wildman–Crippen LogP) is 3.69. The third-order valence-corrected chi connectivity index (χ3v) is 7.12. The Morgan fingerprint density at radius 1 is 1.47 bits per heavy atom. The average molecular weight is 429 g/mol. The van der Waals surface area contributed by atoms with E-state index in [4.69, 9.17) is 21.7 Å². The molecule has 2 N–H and O–H groups in total. The van der Waals surface area contributed by atoms with E-state index in [-0.39, 0.29) is 23.8 Å². The fraction of sp³-hybridized carbons (Fsp3) is 0.545. The maximum atomic E-state index is 13.2. The van der Waals surface area contributed by atoms with Crippen molar-refractivity contribution in [3.63, 3.8) is 0 Å². The van der Waals surface area contributed by atoms with Crippen molar-refractivity contribution in [2.24, 2.45) is 17.3 Å². The summed E-state index contributed by atoms with van der Waals surface area (Å²) in [7, 11) is 0. The third-order valence-electron chi connectivity index (χ3n) is 6.81. The summed E-state index contributed by atoms with van der Waals surface area (Å²) >= 11 is 6.37. The highest BCUT2D eigenvalue weighted by atomic mass is 35.5. The summed E-state index contributed by atoms with van der Waals surface area (Å²) in [5, 5.41) is 11.7. The lowest BCUT2D eigenvalue weighted by atomic mass is 9.69. The number of nitrogens with zero attached hydrogens (tertiary/aromatic N) is 2. The van der Waals surface area contributed by atoms with Crippen LogP contribution in [0.4, 0.5) is 5.82 Å². The molecule has 2 heterocycles. The molecule has 30 heavy (non-hydrogen) atoms. The number of rotatable bonds is 8. The summed E-state index contributed by atoms with van der Waals surface area (Å²) < 4.78 is 6.01. The fourth-order valence-electron chi connectivity index (χ4n) is 4.35. The Morgan fingerprint density at radius 3 is 2.87 bits per heavy atom. The lowest BCUT2D eigenvalue weighted by Crippen LogP contribution is -2.52. The van der Waals surface area contributed by atoms with E-state index in [9.17, 15) is 9.59 Å². The minimum absolute atomic E-state index is 0.0321. The van der Waals surface area contributed by atoms with E-state index < -0.39 is 5.41 Å². The largest absolute Gasteiger partial charge is 0.495 e. The molecule has 0 saturated heterocycles. The first-order chi connectivity index (χ1) is 14.4. The van der Waals surface area contributed by atoms with Gasteiger partial charge >= 0.3 is 0 Å². The van der Waals surface area contributed by atoms with Crippen LogP contribution in [0.25, 0.3) is 0 Å². The van der Waals surface area contributed by atoms with Crippen LogP contribution >= 0.6 is 11.6 Å². The highest BCUT2D eigenvalue weighted by molar-refractivity contribution is 6.31. The van der Waals surface area contributed by atoms with Gasteiger partial charge in [0.05, 0.1) is 23.6 Å². The number of carbonyl (C=O) groups is 2. The van der Waals surface area contributed by atoms with Gasteiger partial charge in [0.15, 0.2) is 0 Å². The van der Waals surface area contributed by atoms with E-state index in [1.54, 1.807) is 17.2 Å². The van der Waals surface area contributed by atoms with Gasteiger partial charge in [-0.25, -0.2) is 4.98 Å². The topological polar surface area (TPSA) is 95.4 Å². The molecule has 0 spiro atoms. The number of nitrogens with one attached hydrogen (secondary N) is 2. The van der Waals surface area contributed by atoms with Gasteiger partial charge in [0.2, 0.25) is 5.91 Å². The van der Waals surface area contributed by atoms with Crippen molar-refractivity contribution in [3.05, 3.63) is 34.2 Å². The van der Waals surface area contributed by atoms with Crippen molar-refractivity contribution in [1.82, 2.24) is 9.88 Å². The average Bonchev–Trinajstić information content (AvgIpc) is 3.64. The summed E-state index contributed by atoms with van der Waals surface area (Å²) in [4.78, 5) is 31.5. The third kappa shape index (κ3) is 3.11. The van der Waals surface area contributed by atoms with Gasteiger partial charge in [-0.05, 0) is 44.6 Å². The van der Waals surface area contributed by atoms with Crippen molar-refractivity contribution in [2.75, 3.05) is 11.9 Å². The van der Waals surface area contributed by atoms with Crippen molar-refractivity contribution in [3.8, 4) is 0 Å². The molecule has 1 aromatic rings. The summed E-state index contributed by atoms with van der Waals surface area (Å²) in [5.74, 6) is 1.57. The molecule has 2 unspecified atom stereocenters. The minimum Gasteiger partial charge on any atom is -0.495 e. The Morgan fingerprint density at radius 2 is 2.23 bits per heavy atom. The van der Waals surface area contributed by atoms with E-state index >= 15 is 0 Å². The van der Waals surface area contributed by atoms with Gasteiger partial charge in [0.1, 0.15) is 11.6 Å². The zero-order chi connectivity index (χ0) is 21.0. The number of aromatic nitrogens is 1. The van der Waals surface area contributed by atoms with Gasteiger partial charge in [-0.3, -0.25) is 9.59 Å². The molecule has 2 amide bonds. The number of pyridine rings is 1. The Kier molecular flexibility index (Phi) is 4.61. The molecule has 1 aliphatic heterocycles. The van der Waals surface area contributed by atoms with Crippen LogP contribution in [0.2, 0.25) is 0 Å². The van der Waals surface area contributed by atoms with Crippen molar-refractivity contribution < 1.29 is 14.3 Å². The maximum absolute atomic E-state index is 13.2. The number of amides is 2. The predicted molar refractivity (Wildman–Crippen MR) is 112 cm³/mol. The highest BCUT2D eigenvalue weighted by Crippen LogP contribution is 2.53. The lowest BCUT2D eigenvalue weighted by molar-refractivity contribution is -0.117. The smallest absolute Gasteiger partial charge is 0.254 e. The van der Waals surface area contributed by atoms with Crippen LogP contribution in [0.5, 0.6) is 0 Å². The molecule has 2 saturated carbocycles. The Balaban J connectivity index is 1.38. The van der Waals surface area contributed by atoms with Crippen molar-refractivity contribution in [2.45, 2.75) is 51.6 Å². The zero-order valence-electron chi connectivity index (χ0n) is 16.9. The quantitative estimate of drug-likeness (QED) is 0.617. The number of hydrogen-bond acceptors (Lipinski definition) is 5. The van der Waals surface area contributed by atoms with E-state index in [0.29, 0.717) is 47.7 Å². The number of ether oxygens (including phenoxy) is 1. The second-order valence-electron chi connectivity index (χ2n) is 8.91. The second kappa shape index (κ2) is 7.08. The molecule has 2 atom stereocenters. The second-order valence-corrected chi connectivity index (χ2v) is 9.36. The summed E-state index contributed by atoms with van der Waals surface area (Å²) in [6.07, 6.45) is 7.56. The van der Waals surface area contributed by atoms with E-state index in [1.165, 1.54) is 19.1 Å². The summed E-state index contributed by atoms with van der Waals surface area (Å²) in [6, 6.07) is 1.39. The number of fused-ring (bicyclic) bond motifs is 1. The van der Waals surface area contributed by atoms with Gasteiger partial charge in [0.25, 0.3) is 5.91 Å². The molecular weight excluding hydrogens is 404 g/mol. The fourth-order valence-corrected chi connectivity index (χ4v) is 4.80. The number of allylic oxidation sites excluding steroid dienone is 1. The molecule has 3 aliphatic carbocycles. The SMILES string of the molecule is CC(N1Cc2c(ccnc2NC(=O)C2CC2)C1=O)C1(C=N)CC(Cl)=C1OCC1CC1. The van der Waals surface area contributed by atoms with Gasteiger partial charge in [-0.1, -0.05) is 11.6 Å². The maximum Gasteiger partial charge on any atom is 0.254 e. The standard InChI is InChI=1S/C22H25ClN4O3/c1-12(22(11-24)8-17(23)18(22)30-10-13-2-3-13)27-9-16-15(21(27)29)6-7-25-19(16)26-20(28)14-4-5-14/h6-7,11-14,24H,2-5,8-10H2,1H3,(H,25,26,28). The van der Waals surface area contributed by atoms with Crippen LogP contribution in [-0.2, 0) is 16.1 Å². The molecule has 4 aliphatic rings. The molecular formula is C22H25ClN4O3. The van der Waals surface area contributed by atoms with Gasteiger partial charge in [-0.2, -0.15) is 0 Å². The summed E-state index contributed by atoms with van der Waals surface area (Å²) in [5.41, 5.74) is 0.574. The van der Waals surface area contributed by atoms with Crippen molar-refractivity contribution in [1.29, 1.82) is 5.41 Å². The van der Waals surface area contributed by atoms with Crippen LogP contribution in [0.15, 0.2) is 23.1 Å². The van der Waals surface area contributed by atoms with Gasteiger partial charge in [-0.15, -0.1) is 0 Å². The highest BCUT2D eigenvalue weighted by Gasteiger charge is 2.53. The van der Waals surface area contributed by atoms with Crippen LogP contribution in [-0.4, -0.2) is 40.6 Å². The molecule has 1 aromatic heterocycles. The van der Waals surface area contributed by atoms with Gasteiger partial charge < -0.3 is 20.4 Å². The molecule has 2 fully saturated rings. The minimum atomic E-state index is -0.714. The first-order valence-electron chi connectivity index (χ1n) is 10.6. The molecule has 0 radical (unpaired) electrons. The van der Waals surface area contributed by atoms with Crippen LogP contribution < -0.4 is 5.32 Å². The van der Waals surface area contributed by atoms with Crippen LogP contribution in [0, 0.1) is 22.7 Å². The molecule has 7 nitrogen and oxygen atoms in total. The summed E-state index contributed by atoms with van der Waals surface area (Å²) in [6.45, 7) is 2.89. The molecule has 5 rings (SSSR count). The van der Waals surface area contributed by atoms with E-state index in [1.807, 2.05) is 6.92 Å². The van der Waals surface area contributed by atoms with Crippen LogP contribution in [0.3, 0.4) is 0 Å². The number of anilines is 1. The molecule has 158 valence electrons. The Labute approximate surface area is 180 Å². The molecule has 0 bridgehead atoms. The van der Waals surface area contributed by atoms with Crippen LogP contribution in [0.1, 0.15) is 54.9 Å². The van der Waals surface area contributed by atoms with Gasteiger partial charge in [0, 0.05) is 41.9 Å². The van der Waals surface area contributed by atoms with Crippen molar-refractivity contribution >= 4 is 35.4 Å². The lowest BCUT2D eigenvalue weighted by Gasteiger charge is -2.47. The van der Waals surface area contributed by atoms with E-state index in [2.05, 4.69) is 10.3 Å². The monoisotopic (exact) mass is 428 g/mol. The molecule has 0 aromatic carbocycles. The Bertz CT molecular complexity index is 969. The first kappa shape index (κ1) is 19.5. The normalized spacial score (nSPS) is 26.2.